The van der Waals surface area contributed by atoms with E-state index in [2.05, 4.69) is 25.4 Å². The van der Waals surface area contributed by atoms with Crippen LogP contribution in [0.3, 0.4) is 0 Å². The molecule has 1 saturated carbocycles. The SMILES string of the molecule is COc1cc2ncnc(-c3cn(C)nc3-c3ccccc3F)c2nc1NC(=O)C1(C(F)(F)F)CC1. The third-order valence-electron chi connectivity index (χ3n) is 5.97. The van der Waals surface area contributed by atoms with Gasteiger partial charge in [-0.25, -0.2) is 19.3 Å². The van der Waals surface area contributed by atoms with Crippen LogP contribution in [0.4, 0.5) is 23.4 Å². The first kappa shape index (κ1) is 22.7. The van der Waals surface area contributed by atoms with Crippen LogP contribution in [-0.4, -0.2) is 43.9 Å². The molecule has 0 radical (unpaired) electrons. The highest BCUT2D eigenvalue weighted by atomic mass is 19.4. The Morgan fingerprint density at radius 3 is 2.54 bits per heavy atom. The quantitative estimate of drug-likeness (QED) is 0.417. The molecule has 1 aromatic carbocycles. The van der Waals surface area contributed by atoms with Crippen molar-refractivity contribution in [3.63, 3.8) is 0 Å². The Kier molecular flexibility index (Phi) is 5.18. The van der Waals surface area contributed by atoms with Crippen LogP contribution in [0.2, 0.25) is 0 Å². The number of carbonyl (C=O) groups excluding carboxylic acids is 1. The minimum Gasteiger partial charge on any atom is -0.493 e. The first-order valence-corrected chi connectivity index (χ1v) is 10.5. The summed E-state index contributed by atoms with van der Waals surface area (Å²) in [5, 5.41) is 6.64. The lowest BCUT2D eigenvalue weighted by Crippen LogP contribution is -2.37. The number of carbonyl (C=O) groups is 1. The van der Waals surface area contributed by atoms with E-state index in [1.807, 2.05) is 0 Å². The van der Waals surface area contributed by atoms with Crippen LogP contribution in [0.25, 0.3) is 33.5 Å². The summed E-state index contributed by atoms with van der Waals surface area (Å²) in [6, 6.07) is 7.53. The Bertz CT molecular complexity index is 1460. The van der Waals surface area contributed by atoms with Crippen LogP contribution in [0.15, 0.2) is 42.9 Å². The number of benzene rings is 1. The highest BCUT2D eigenvalue weighted by Crippen LogP contribution is 2.58. The fourth-order valence-electron chi connectivity index (χ4n) is 3.92. The number of nitrogens with one attached hydrogen (secondary N) is 1. The van der Waals surface area contributed by atoms with Crippen molar-refractivity contribution in [2.75, 3.05) is 12.4 Å². The molecule has 3 aromatic heterocycles. The van der Waals surface area contributed by atoms with E-state index in [4.69, 9.17) is 4.74 Å². The second-order valence-electron chi connectivity index (χ2n) is 8.21. The van der Waals surface area contributed by atoms with E-state index in [0.717, 1.165) is 0 Å². The highest BCUT2D eigenvalue weighted by molar-refractivity contribution is 6.00. The summed E-state index contributed by atoms with van der Waals surface area (Å²) in [5.74, 6) is -1.86. The maximum atomic E-state index is 14.6. The Labute approximate surface area is 196 Å². The predicted molar refractivity (Wildman–Crippen MR) is 118 cm³/mol. The lowest BCUT2D eigenvalue weighted by atomic mass is 10.0. The second kappa shape index (κ2) is 8.00. The average molecular weight is 486 g/mol. The van der Waals surface area contributed by atoms with Gasteiger partial charge in [0.15, 0.2) is 11.6 Å². The lowest BCUT2D eigenvalue weighted by molar-refractivity contribution is -0.189. The number of fused-ring (bicyclic) bond motifs is 1. The van der Waals surface area contributed by atoms with Crippen molar-refractivity contribution in [2.45, 2.75) is 19.0 Å². The number of halogens is 4. The zero-order valence-corrected chi connectivity index (χ0v) is 18.5. The monoisotopic (exact) mass is 486 g/mol. The molecule has 1 fully saturated rings. The van der Waals surface area contributed by atoms with E-state index in [9.17, 15) is 22.4 Å². The number of aromatic nitrogens is 5. The second-order valence-corrected chi connectivity index (χ2v) is 8.21. The summed E-state index contributed by atoms with van der Waals surface area (Å²) in [6.07, 6.45) is -2.38. The molecule has 1 aliphatic carbocycles. The molecular formula is C23H18F4N6O2. The smallest absolute Gasteiger partial charge is 0.403 e. The van der Waals surface area contributed by atoms with Gasteiger partial charge in [-0.2, -0.15) is 18.3 Å². The van der Waals surface area contributed by atoms with Gasteiger partial charge in [0.25, 0.3) is 0 Å². The molecule has 1 amide bonds. The van der Waals surface area contributed by atoms with E-state index in [1.54, 1.807) is 31.4 Å². The molecule has 0 aliphatic heterocycles. The van der Waals surface area contributed by atoms with Crippen molar-refractivity contribution in [3.05, 3.63) is 48.7 Å². The van der Waals surface area contributed by atoms with Crippen molar-refractivity contribution in [1.82, 2.24) is 24.7 Å². The number of amides is 1. The molecule has 1 N–H and O–H groups in total. The first-order chi connectivity index (χ1) is 16.6. The summed E-state index contributed by atoms with van der Waals surface area (Å²) < 4.78 is 61.6. The molecule has 1 aliphatic rings. The number of rotatable bonds is 5. The molecule has 180 valence electrons. The van der Waals surface area contributed by atoms with Crippen LogP contribution < -0.4 is 10.1 Å². The summed E-state index contributed by atoms with van der Waals surface area (Å²) in [6.45, 7) is 0. The molecular weight excluding hydrogens is 468 g/mol. The van der Waals surface area contributed by atoms with E-state index >= 15 is 0 Å². The molecule has 0 atom stereocenters. The maximum absolute atomic E-state index is 14.6. The van der Waals surface area contributed by atoms with Crippen LogP contribution in [0.1, 0.15) is 12.8 Å². The number of anilines is 1. The predicted octanol–water partition coefficient (Wildman–Crippen LogP) is 4.52. The highest BCUT2D eigenvalue weighted by Gasteiger charge is 2.68. The fraction of sp³-hybridized carbons (Fsp3) is 0.261. The Morgan fingerprint density at radius 2 is 1.89 bits per heavy atom. The standard InChI is InChI=1S/C23H18F4N6O2/c1-33-10-13(17(32-33)12-5-3-4-6-14(12)24)18-19-15(28-11-29-18)9-16(35-2)20(30-19)31-21(34)22(7-8-22)23(25,26)27/h3-6,9-11H,7-8H2,1-2H3,(H,30,31,34). The van der Waals surface area contributed by atoms with Gasteiger partial charge in [-0.05, 0) is 25.0 Å². The Balaban J connectivity index is 1.65. The third kappa shape index (κ3) is 3.74. The fourth-order valence-corrected chi connectivity index (χ4v) is 3.92. The average Bonchev–Trinajstić information content (AvgIpc) is 3.56. The molecule has 0 spiro atoms. The van der Waals surface area contributed by atoms with Gasteiger partial charge in [0.1, 0.15) is 34.5 Å². The van der Waals surface area contributed by atoms with Gasteiger partial charge < -0.3 is 10.1 Å². The summed E-state index contributed by atoms with van der Waals surface area (Å²) in [5.41, 5.74) is -0.742. The summed E-state index contributed by atoms with van der Waals surface area (Å²) in [7, 11) is 2.96. The van der Waals surface area contributed by atoms with Gasteiger partial charge >= 0.3 is 6.18 Å². The molecule has 4 aromatic rings. The van der Waals surface area contributed by atoms with Crippen molar-refractivity contribution in [1.29, 1.82) is 0 Å². The van der Waals surface area contributed by atoms with Crippen molar-refractivity contribution in [3.8, 4) is 28.3 Å². The third-order valence-corrected chi connectivity index (χ3v) is 5.97. The van der Waals surface area contributed by atoms with Gasteiger partial charge in [0.2, 0.25) is 5.91 Å². The zero-order chi connectivity index (χ0) is 25.0. The number of pyridine rings is 1. The van der Waals surface area contributed by atoms with Crippen LogP contribution in [0.5, 0.6) is 5.75 Å². The summed E-state index contributed by atoms with van der Waals surface area (Å²) >= 11 is 0. The zero-order valence-electron chi connectivity index (χ0n) is 18.5. The molecule has 0 unspecified atom stereocenters. The molecule has 8 nitrogen and oxygen atoms in total. The number of ether oxygens (including phenoxy) is 1. The molecule has 35 heavy (non-hydrogen) atoms. The van der Waals surface area contributed by atoms with Crippen molar-refractivity contribution in [2.24, 2.45) is 12.5 Å². The van der Waals surface area contributed by atoms with Gasteiger partial charge in [-0.1, -0.05) is 12.1 Å². The largest absolute Gasteiger partial charge is 0.493 e. The topological polar surface area (TPSA) is 94.8 Å². The maximum Gasteiger partial charge on any atom is 0.403 e. The molecule has 3 heterocycles. The Hall–Kier alpha value is -4.09. The number of hydrogen-bond acceptors (Lipinski definition) is 6. The van der Waals surface area contributed by atoms with E-state index in [1.165, 1.54) is 30.3 Å². The lowest BCUT2D eigenvalue weighted by Gasteiger charge is -2.19. The van der Waals surface area contributed by atoms with Gasteiger partial charge in [0, 0.05) is 30.4 Å². The molecule has 0 saturated heterocycles. The van der Waals surface area contributed by atoms with Gasteiger partial charge in [-0.15, -0.1) is 0 Å². The van der Waals surface area contributed by atoms with Crippen LogP contribution in [0, 0.1) is 11.2 Å². The van der Waals surface area contributed by atoms with Gasteiger partial charge in [-0.3, -0.25) is 9.48 Å². The normalized spacial score (nSPS) is 14.7. The Morgan fingerprint density at radius 1 is 1.14 bits per heavy atom. The number of nitrogens with zero attached hydrogens (tertiary/aromatic N) is 5. The number of alkyl halides is 3. The number of hydrogen-bond donors (Lipinski definition) is 1. The van der Waals surface area contributed by atoms with Crippen LogP contribution in [-0.2, 0) is 11.8 Å². The molecule has 0 bridgehead atoms. The summed E-state index contributed by atoms with van der Waals surface area (Å²) in [4.78, 5) is 25.4. The van der Waals surface area contributed by atoms with Crippen molar-refractivity contribution < 1.29 is 27.1 Å². The molecule has 5 rings (SSSR count). The van der Waals surface area contributed by atoms with Gasteiger partial charge in [0.05, 0.1) is 12.6 Å². The minimum absolute atomic E-state index is 0.0361. The molecule has 12 heteroatoms. The minimum atomic E-state index is -4.68. The van der Waals surface area contributed by atoms with E-state index < -0.39 is 23.3 Å². The number of aryl methyl sites for hydroxylation is 1. The first-order valence-electron chi connectivity index (χ1n) is 10.5. The van der Waals surface area contributed by atoms with E-state index in [0.29, 0.717) is 16.8 Å². The van der Waals surface area contributed by atoms with Crippen LogP contribution >= 0.6 is 0 Å². The number of methoxy groups -OCH3 is 1. The van der Waals surface area contributed by atoms with Crippen molar-refractivity contribution >= 4 is 22.8 Å². The van der Waals surface area contributed by atoms with E-state index in [-0.39, 0.29) is 41.2 Å².